The van der Waals surface area contributed by atoms with Gasteiger partial charge in [-0.05, 0) is 6.07 Å². The van der Waals surface area contributed by atoms with Gasteiger partial charge in [-0.15, -0.1) is 0 Å². The molecule has 1 spiro atoms. The van der Waals surface area contributed by atoms with Crippen molar-refractivity contribution in [2.24, 2.45) is 0 Å². The number of nitrogens with zero attached hydrogens (tertiary/aromatic N) is 1. The number of esters is 1. The summed E-state index contributed by atoms with van der Waals surface area (Å²) < 4.78 is 5.72. The first-order valence-electron chi connectivity index (χ1n) is 7.24. The molecule has 1 N–H and O–H groups in total. The van der Waals surface area contributed by atoms with Crippen molar-refractivity contribution < 1.29 is 14.3 Å². The van der Waals surface area contributed by atoms with Crippen LogP contribution >= 0.6 is 0 Å². The Hall–Kier alpha value is -2.30. The van der Waals surface area contributed by atoms with Crippen LogP contribution in [0, 0.1) is 0 Å². The maximum atomic E-state index is 12.0. The Morgan fingerprint density at radius 1 is 1.14 bits per heavy atom. The highest BCUT2D eigenvalue weighted by Gasteiger charge is 2.47. The molecule has 0 aliphatic carbocycles. The molecule has 1 aromatic rings. The van der Waals surface area contributed by atoms with Crippen molar-refractivity contribution in [3.05, 3.63) is 47.3 Å². The summed E-state index contributed by atoms with van der Waals surface area (Å²) in [5.41, 5.74) is 1.23. The summed E-state index contributed by atoms with van der Waals surface area (Å²) in [6, 6.07) is 7.65. The van der Waals surface area contributed by atoms with E-state index in [1.165, 1.54) is 0 Å². The van der Waals surface area contributed by atoms with Gasteiger partial charge < -0.3 is 15.0 Å². The summed E-state index contributed by atoms with van der Waals surface area (Å²) in [6.07, 6.45) is 3.17. The van der Waals surface area contributed by atoms with Crippen LogP contribution in [0.3, 0.4) is 0 Å². The molecule has 0 atom stereocenters. The van der Waals surface area contributed by atoms with Crippen LogP contribution in [0.15, 0.2) is 36.2 Å². The van der Waals surface area contributed by atoms with Crippen molar-refractivity contribution in [3.8, 4) is 0 Å². The lowest BCUT2D eigenvalue weighted by atomic mass is 9.84. The van der Waals surface area contributed by atoms with Gasteiger partial charge in [0.25, 0.3) is 0 Å². The Bertz CT molecular complexity index is 657. The van der Waals surface area contributed by atoms with Gasteiger partial charge in [0.05, 0.1) is 12.1 Å². The molecule has 4 rings (SSSR count). The lowest BCUT2D eigenvalue weighted by Crippen LogP contribution is -2.44. The summed E-state index contributed by atoms with van der Waals surface area (Å²) in [6.45, 7) is 1.93. The van der Waals surface area contributed by atoms with Gasteiger partial charge in [-0.1, -0.05) is 18.2 Å². The van der Waals surface area contributed by atoms with Crippen LogP contribution in [-0.2, 0) is 15.1 Å². The van der Waals surface area contributed by atoms with E-state index in [9.17, 15) is 9.59 Å². The summed E-state index contributed by atoms with van der Waals surface area (Å²) in [5, 5.41) is 3.11. The van der Waals surface area contributed by atoms with Crippen molar-refractivity contribution >= 4 is 11.8 Å². The second-order valence-corrected chi connectivity index (χ2v) is 5.77. The number of hydrogen-bond donors (Lipinski definition) is 1. The first-order chi connectivity index (χ1) is 10.2. The number of likely N-dealkylation sites (tertiary alicyclic amines) is 1. The van der Waals surface area contributed by atoms with Crippen molar-refractivity contribution in [2.75, 3.05) is 19.6 Å². The van der Waals surface area contributed by atoms with Gasteiger partial charge in [0.15, 0.2) is 5.78 Å². The van der Waals surface area contributed by atoms with E-state index < -0.39 is 5.60 Å². The number of ketones is 1. The van der Waals surface area contributed by atoms with Gasteiger partial charge in [0, 0.05) is 37.6 Å². The van der Waals surface area contributed by atoms with Gasteiger partial charge in [-0.25, -0.2) is 4.79 Å². The molecule has 5 nitrogen and oxygen atoms in total. The van der Waals surface area contributed by atoms with Gasteiger partial charge in [-0.3, -0.25) is 4.79 Å². The highest BCUT2D eigenvalue weighted by atomic mass is 16.6. The van der Waals surface area contributed by atoms with Crippen LogP contribution in [0.2, 0.25) is 0 Å². The van der Waals surface area contributed by atoms with E-state index in [2.05, 4.69) is 10.2 Å². The molecule has 1 saturated heterocycles. The van der Waals surface area contributed by atoms with Crippen LogP contribution in [0.4, 0.5) is 0 Å². The molecule has 0 aromatic heterocycles. The zero-order valence-electron chi connectivity index (χ0n) is 11.6. The van der Waals surface area contributed by atoms with Crippen LogP contribution in [-0.4, -0.2) is 36.3 Å². The number of ether oxygens (including phenoxy) is 1. The smallest absolute Gasteiger partial charge is 0.339 e. The van der Waals surface area contributed by atoms with E-state index >= 15 is 0 Å². The highest BCUT2D eigenvalue weighted by Crippen LogP contribution is 2.44. The Kier molecular flexibility index (Phi) is 2.58. The van der Waals surface area contributed by atoms with Crippen LogP contribution < -0.4 is 5.32 Å². The molecule has 0 radical (unpaired) electrons. The zero-order valence-corrected chi connectivity index (χ0v) is 11.6. The number of piperidine rings is 1. The Morgan fingerprint density at radius 2 is 1.90 bits per heavy atom. The second-order valence-electron chi connectivity index (χ2n) is 5.77. The van der Waals surface area contributed by atoms with E-state index in [0.29, 0.717) is 12.1 Å². The molecular weight excluding hydrogens is 268 g/mol. The normalized spacial score (nSPS) is 22.9. The molecule has 0 unspecified atom stereocenters. The van der Waals surface area contributed by atoms with Gasteiger partial charge in [0.2, 0.25) is 0 Å². The summed E-state index contributed by atoms with van der Waals surface area (Å²) in [4.78, 5) is 25.5. The van der Waals surface area contributed by atoms with Gasteiger partial charge >= 0.3 is 5.97 Å². The second kappa shape index (κ2) is 4.35. The van der Waals surface area contributed by atoms with Crippen molar-refractivity contribution in [3.63, 3.8) is 0 Å². The van der Waals surface area contributed by atoms with Gasteiger partial charge in [0.1, 0.15) is 11.4 Å². The van der Waals surface area contributed by atoms with E-state index in [1.54, 1.807) is 6.08 Å². The number of benzene rings is 1. The average molecular weight is 284 g/mol. The van der Waals surface area contributed by atoms with E-state index in [0.717, 1.165) is 37.3 Å². The number of carbonyl (C=O) groups excluding carboxylic acids is 2. The number of hydrogen-bond acceptors (Lipinski definition) is 5. The minimum atomic E-state index is -0.479. The van der Waals surface area contributed by atoms with Crippen molar-refractivity contribution in [1.82, 2.24) is 10.2 Å². The standard InChI is InChI=1S/C16H16N2O3/c19-11-9-14(17-10-11)18-7-5-16(6-8-18)13-4-2-1-3-12(13)15(20)21-16/h1-4,9,17H,5-8,10H2. The third kappa shape index (κ3) is 1.84. The van der Waals surface area contributed by atoms with E-state index in [1.807, 2.05) is 24.3 Å². The van der Waals surface area contributed by atoms with Crippen molar-refractivity contribution in [2.45, 2.75) is 18.4 Å². The molecule has 1 fully saturated rings. The lowest BCUT2D eigenvalue weighted by molar-refractivity contribution is -0.113. The van der Waals surface area contributed by atoms with Gasteiger partial charge in [-0.2, -0.15) is 0 Å². The fraction of sp³-hybridized carbons (Fsp3) is 0.375. The molecule has 3 aliphatic rings. The molecule has 0 amide bonds. The third-order valence-electron chi connectivity index (χ3n) is 4.58. The predicted octanol–water partition coefficient (Wildman–Crippen LogP) is 1.16. The Labute approximate surface area is 122 Å². The fourth-order valence-corrected chi connectivity index (χ4v) is 3.46. The molecule has 21 heavy (non-hydrogen) atoms. The Morgan fingerprint density at radius 3 is 2.62 bits per heavy atom. The topological polar surface area (TPSA) is 58.6 Å². The van der Waals surface area contributed by atoms with E-state index in [-0.39, 0.29) is 11.8 Å². The average Bonchev–Trinajstić information content (AvgIpc) is 3.04. The molecule has 3 aliphatic heterocycles. The van der Waals surface area contributed by atoms with Crippen LogP contribution in [0.25, 0.3) is 0 Å². The summed E-state index contributed by atoms with van der Waals surface area (Å²) in [7, 11) is 0. The largest absolute Gasteiger partial charge is 0.450 e. The number of fused-ring (bicyclic) bond motifs is 2. The highest BCUT2D eigenvalue weighted by molar-refractivity contribution is 5.95. The lowest BCUT2D eigenvalue weighted by Gasteiger charge is -2.39. The number of carbonyl (C=O) groups is 2. The number of rotatable bonds is 1. The molecule has 0 bridgehead atoms. The monoisotopic (exact) mass is 284 g/mol. The maximum Gasteiger partial charge on any atom is 0.339 e. The molecule has 1 aromatic carbocycles. The molecule has 5 heteroatoms. The van der Waals surface area contributed by atoms with E-state index in [4.69, 9.17) is 4.74 Å². The molecular formula is C16H16N2O3. The molecule has 3 heterocycles. The minimum Gasteiger partial charge on any atom is -0.450 e. The van der Waals surface area contributed by atoms with Crippen LogP contribution in [0.1, 0.15) is 28.8 Å². The third-order valence-corrected chi connectivity index (χ3v) is 4.58. The zero-order chi connectivity index (χ0) is 14.4. The Balaban J connectivity index is 1.57. The van der Waals surface area contributed by atoms with Crippen molar-refractivity contribution in [1.29, 1.82) is 0 Å². The summed E-state index contributed by atoms with van der Waals surface area (Å²) in [5.74, 6) is 0.794. The minimum absolute atomic E-state index is 0.114. The SMILES string of the molecule is O=C1C=C(N2CCC3(CC2)OC(=O)c2ccccc23)NC1. The first-order valence-corrected chi connectivity index (χ1v) is 7.24. The first kappa shape index (κ1) is 12.4. The maximum absolute atomic E-state index is 12.0. The number of nitrogens with one attached hydrogen (secondary N) is 1. The summed E-state index contributed by atoms with van der Waals surface area (Å²) >= 11 is 0. The van der Waals surface area contributed by atoms with Crippen LogP contribution in [0.5, 0.6) is 0 Å². The quantitative estimate of drug-likeness (QED) is 0.784. The molecule has 0 saturated carbocycles. The molecule has 108 valence electrons. The predicted molar refractivity (Wildman–Crippen MR) is 75.4 cm³/mol. The fourth-order valence-electron chi connectivity index (χ4n) is 3.46.